The summed E-state index contributed by atoms with van der Waals surface area (Å²) in [6, 6.07) is 10.1. The Morgan fingerprint density at radius 2 is 1.62 bits per heavy atom. The predicted molar refractivity (Wildman–Crippen MR) is 164 cm³/mol. The molecule has 1 aliphatic rings. The first-order valence-corrected chi connectivity index (χ1v) is 15.5. The second-order valence-corrected chi connectivity index (χ2v) is 12.3. The van der Waals surface area contributed by atoms with Gasteiger partial charge in [-0.1, -0.05) is 78.3 Å². The molecule has 0 spiro atoms. The summed E-state index contributed by atoms with van der Waals surface area (Å²) >= 11 is 24.4. The lowest BCUT2D eigenvalue weighted by atomic mass is 9.88. The number of benzene rings is 2. The maximum absolute atomic E-state index is 12.4. The fourth-order valence-corrected chi connectivity index (χ4v) is 6.24. The van der Waals surface area contributed by atoms with Gasteiger partial charge < -0.3 is 14.6 Å². The first-order chi connectivity index (χ1) is 21.3. The lowest BCUT2D eigenvalue weighted by Crippen LogP contribution is -2.34. The maximum Gasteiger partial charge on any atom is 0.411 e. The van der Waals surface area contributed by atoms with Gasteiger partial charge >= 0.3 is 6.18 Å². The first kappa shape index (κ1) is 35.4. The van der Waals surface area contributed by atoms with Crippen LogP contribution in [-0.2, 0) is 33.8 Å². The quantitative estimate of drug-likeness (QED) is 0.169. The van der Waals surface area contributed by atoms with Crippen LogP contribution in [0.3, 0.4) is 0 Å². The number of unbranched alkanes of at least 4 members (excludes halogenated alkanes) is 1. The van der Waals surface area contributed by atoms with Crippen LogP contribution in [-0.4, -0.2) is 53.7 Å². The highest BCUT2D eigenvalue weighted by molar-refractivity contribution is 6.35. The van der Waals surface area contributed by atoms with Crippen LogP contribution in [0.25, 0.3) is 0 Å². The van der Waals surface area contributed by atoms with Gasteiger partial charge in [-0.3, -0.25) is 0 Å². The zero-order chi connectivity index (χ0) is 32.7. The normalized spacial score (nSPS) is 19.6. The fourth-order valence-electron chi connectivity index (χ4n) is 5.08. The Morgan fingerprint density at radius 1 is 0.978 bits per heavy atom. The van der Waals surface area contributed by atoms with Crippen LogP contribution < -0.4 is 0 Å². The highest BCUT2D eigenvalue weighted by Gasteiger charge is 2.45. The third kappa shape index (κ3) is 9.77. The van der Waals surface area contributed by atoms with Crippen LogP contribution in [0, 0.1) is 0 Å². The Kier molecular flexibility index (Phi) is 12.1. The summed E-state index contributed by atoms with van der Waals surface area (Å²) in [5, 5.41) is 21.0. The second-order valence-electron chi connectivity index (χ2n) is 10.6. The lowest BCUT2D eigenvalue weighted by molar-refractivity contribution is -0.239. The van der Waals surface area contributed by atoms with Gasteiger partial charge in [0.1, 0.15) is 43.1 Å². The molecule has 0 amide bonds. The minimum Gasteiger partial charge on any atom is -0.383 e. The lowest BCUT2D eigenvalue weighted by Gasteiger charge is -2.30. The zero-order valence-corrected chi connectivity index (χ0v) is 27.1. The molecule has 3 atom stereocenters. The number of rotatable bonds is 11. The van der Waals surface area contributed by atoms with Crippen LogP contribution >= 0.6 is 46.4 Å². The molecule has 0 aliphatic carbocycles. The molecule has 9 nitrogen and oxygen atoms in total. The van der Waals surface area contributed by atoms with Gasteiger partial charge in [0.05, 0.1) is 13.1 Å². The van der Waals surface area contributed by atoms with E-state index >= 15 is 0 Å². The largest absolute Gasteiger partial charge is 0.411 e. The summed E-state index contributed by atoms with van der Waals surface area (Å²) in [6.45, 7) is 1.26. The molecule has 16 heteroatoms. The predicted octanol–water partition coefficient (Wildman–Crippen LogP) is 7.86. The summed E-state index contributed by atoms with van der Waals surface area (Å²) in [4.78, 5) is 7.78. The van der Waals surface area contributed by atoms with Gasteiger partial charge in [0.15, 0.2) is 6.29 Å². The zero-order valence-electron chi connectivity index (χ0n) is 24.1. The average Bonchev–Trinajstić information content (AvgIpc) is 3.75. The van der Waals surface area contributed by atoms with E-state index in [9.17, 15) is 18.3 Å². The molecule has 2 aromatic heterocycles. The van der Waals surface area contributed by atoms with Crippen LogP contribution in [0.4, 0.5) is 13.2 Å². The number of aromatic nitrogens is 6. The van der Waals surface area contributed by atoms with Crippen molar-refractivity contribution in [2.45, 2.75) is 75.8 Å². The van der Waals surface area contributed by atoms with Crippen molar-refractivity contribution in [1.29, 1.82) is 0 Å². The van der Waals surface area contributed by atoms with Crippen molar-refractivity contribution in [2.24, 2.45) is 0 Å². The molecule has 0 radical (unpaired) electrons. The van der Waals surface area contributed by atoms with Crippen molar-refractivity contribution < 1.29 is 27.8 Å². The molecule has 4 aromatic rings. The molecular formula is C29H31Cl4F3N6O3. The Morgan fingerprint density at radius 3 is 2.20 bits per heavy atom. The Balaban J connectivity index is 0.000000210. The van der Waals surface area contributed by atoms with Crippen LogP contribution in [0.15, 0.2) is 61.7 Å². The molecule has 1 N–H and O–H groups in total. The van der Waals surface area contributed by atoms with Gasteiger partial charge in [-0.15, -0.1) is 0 Å². The number of nitrogens with zero attached hydrogens (tertiary/aromatic N) is 6. The van der Waals surface area contributed by atoms with Crippen molar-refractivity contribution in [2.75, 3.05) is 6.61 Å². The van der Waals surface area contributed by atoms with Crippen LogP contribution in [0.2, 0.25) is 20.1 Å². The van der Waals surface area contributed by atoms with Crippen molar-refractivity contribution in [3.8, 4) is 0 Å². The van der Waals surface area contributed by atoms with Crippen molar-refractivity contribution in [1.82, 2.24) is 29.5 Å². The molecule has 5 rings (SSSR count). The molecule has 0 bridgehead atoms. The minimum atomic E-state index is -4.42. The van der Waals surface area contributed by atoms with E-state index in [1.54, 1.807) is 47.4 Å². The molecule has 45 heavy (non-hydrogen) atoms. The SMILES string of the molecule is CCCCC(O)(Cn1cncn1)c1ccc(Cl)cc1Cl.FC(F)(F)CO[C@H]1CC[C@](Cn2cncn2)(c2ccc(Cl)cc2Cl)O1. The number of alkyl halides is 3. The maximum atomic E-state index is 12.4. The van der Waals surface area contributed by atoms with Crippen LogP contribution in [0.5, 0.6) is 0 Å². The van der Waals surface area contributed by atoms with E-state index in [1.807, 2.05) is 0 Å². The molecule has 0 saturated carbocycles. The number of hydrogen-bond donors (Lipinski definition) is 1. The monoisotopic (exact) mass is 708 g/mol. The summed E-state index contributed by atoms with van der Waals surface area (Å²) in [5.74, 6) is 0. The summed E-state index contributed by atoms with van der Waals surface area (Å²) < 4.78 is 51.1. The highest BCUT2D eigenvalue weighted by Crippen LogP contribution is 2.44. The Bertz CT molecular complexity index is 1510. The number of ether oxygens (including phenoxy) is 2. The van der Waals surface area contributed by atoms with E-state index in [1.165, 1.54) is 23.7 Å². The number of hydrogen-bond acceptors (Lipinski definition) is 7. The molecule has 2 aromatic carbocycles. The summed E-state index contributed by atoms with van der Waals surface area (Å²) in [6.07, 6.45) is 3.68. The van der Waals surface area contributed by atoms with E-state index in [0.717, 1.165) is 12.8 Å². The minimum absolute atomic E-state index is 0.236. The van der Waals surface area contributed by atoms with E-state index in [0.29, 0.717) is 57.0 Å². The molecule has 3 heterocycles. The second kappa shape index (κ2) is 15.4. The Labute approximate surface area is 278 Å². The van der Waals surface area contributed by atoms with Gasteiger partial charge in [-0.2, -0.15) is 23.4 Å². The molecular weight excluding hydrogens is 679 g/mol. The van der Waals surface area contributed by atoms with E-state index in [2.05, 4.69) is 27.1 Å². The molecule has 1 fully saturated rings. The number of halogens is 7. The number of aliphatic hydroxyl groups is 1. The third-order valence-electron chi connectivity index (χ3n) is 7.15. The van der Waals surface area contributed by atoms with Gasteiger partial charge in [-0.05, 0) is 37.1 Å². The Hall–Kier alpha value is -2.45. The summed E-state index contributed by atoms with van der Waals surface area (Å²) in [5.41, 5.74) is -0.767. The van der Waals surface area contributed by atoms with Gasteiger partial charge in [0.25, 0.3) is 0 Å². The topological polar surface area (TPSA) is 100 Å². The van der Waals surface area contributed by atoms with Gasteiger partial charge in [0.2, 0.25) is 0 Å². The highest BCUT2D eigenvalue weighted by atomic mass is 35.5. The molecule has 244 valence electrons. The van der Waals surface area contributed by atoms with Gasteiger partial charge in [-0.25, -0.2) is 19.3 Å². The molecule has 1 saturated heterocycles. The summed E-state index contributed by atoms with van der Waals surface area (Å²) in [7, 11) is 0. The molecule has 1 unspecified atom stereocenters. The fraction of sp³-hybridized carbons (Fsp3) is 0.448. The average molecular weight is 710 g/mol. The van der Waals surface area contributed by atoms with Crippen LogP contribution in [0.1, 0.15) is 50.2 Å². The van der Waals surface area contributed by atoms with Crippen molar-refractivity contribution in [3.63, 3.8) is 0 Å². The first-order valence-electron chi connectivity index (χ1n) is 14.0. The molecule has 1 aliphatic heterocycles. The van der Waals surface area contributed by atoms with E-state index in [-0.39, 0.29) is 6.54 Å². The van der Waals surface area contributed by atoms with E-state index < -0.39 is 30.3 Å². The van der Waals surface area contributed by atoms with Crippen molar-refractivity contribution >= 4 is 46.4 Å². The third-order valence-corrected chi connectivity index (χ3v) is 8.24. The van der Waals surface area contributed by atoms with Gasteiger partial charge in [0, 0.05) is 37.6 Å². The standard InChI is InChI=1S/C15H14Cl2F3N3O2.C14H17Cl2N3O/c16-10-1-2-11(12(17)5-10)14(6-23-9-21-8-22-23)4-3-13(25-14)24-7-15(18,19)20;1-2-3-6-14(20,8-19-10-17-9-18-19)12-5-4-11(15)7-13(12)16/h1-2,5,8-9,13H,3-4,6-7H2;4-5,7,9-10,20H,2-3,6,8H2,1H3/t13-,14+;/m1./s1. The van der Waals surface area contributed by atoms with Crippen molar-refractivity contribution in [3.05, 3.63) is 92.9 Å². The van der Waals surface area contributed by atoms with E-state index in [4.69, 9.17) is 55.9 Å². The smallest absolute Gasteiger partial charge is 0.383 e.